The Labute approximate surface area is 108 Å². The molecular formula is C11H12N4O4. The second kappa shape index (κ2) is 5.34. The summed E-state index contributed by atoms with van der Waals surface area (Å²) in [6.45, 7) is 0. The Hall–Kier alpha value is -2.64. The molecule has 2 rings (SSSR count). The Kier molecular flexibility index (Phi) is 3.60. The van der Waals surface area contributed by atoms with E-state index in [-0.39, 0.29) is 11.7 Å². The molecule has 0 aliphatic heterocycles. The lowest BCUT2D eigenvalue weighted by Gasteiger charge is -2.06. The summed E-state index contributed by atoms with van der Waals surface area (Å²) in [6.07, 6.45) is 1.47. The normalized spacial score (nSPS) is 10.1. The van der Waals surface area contributed by atoms with Crippen molar-refractivity contribution in [1.29, 1.82) is 0 Å². The van der Waals surface area contributed by atoms with Crippen molar-refractivity contribution in [2.45, 2.75) is 0 Å². The van der Waals surface area contributed by atoms with Crippen LogP contribution in [0.5, 0.6) is 11.9 Å². The predicted molar refractivity (Wildman–Crippen MR) is 64.1 cm³/mol. The van der Waals surface area contributed by atoms with E-state index in [2.05, 4.69) is 24.9 Å². The first kappa shape index (κ1) is 12.8. The van der Waals surface area contributed by atoms with E-state index in [9.17, 15) is 4.79 Å². The van der Waals surface area contributed by atoms with Crippen molar-refractivity contribution in [1.82, 2.24) is 20.2 Å². The Balaban J connectivity index is 2.52. The van der Waals surface area contributed by atoms with Crippen LogP contribution in [0.25, 0.3) is 11.3 Å². The van der Waals surface area contributed by atoms with Gasteiger partial charge in [0.05, 0.1) is 38.8 Å². The fourth-order valence-electron chi connectivity index (χ4n) is 1.48. The average molecular weight is 264 g/mol. The number of aromatic amines is 1. The molecule has 0 aromatic carbocycles. The topological polar surface area (TPSA) is 99.2 Å². The van der Waals surface area contributed by atoms with E-state index in [4.69, 9.17) is 9.47 Å². The van der Waals surface area contributed by atoms with Gasteiger partial charge in [0.2, 0.25) is 5.88 Å². The molecule has 2 aromatic rings. The second-order valence-corrected chi connectivity index (χ2v) is 3.43. The third-order valence-corrected chi connectivity index (χ3v) is 2.38. The number of nitrogens with one attached hydrogen (secondary N) is 1. The van der Waals surface area contributed by atoms with Crippen molar-refractivity contribution in [3.63, 3.8) is 0 Å². The van der Waals surface area contributed by atoms with Crippen LogP contribution >= 0.6 is 0 Å². The molecule has 8 nitrogen and oxygen atoms in total. The molecule has 1 N–H and O–H groups in total. The first-order chi connectivity index (χ1) is 9.19. The molecule has 2 aromatic heterocycles. The Morgan fingerprint density at radius 2 is 2.00 bits per heavy atom. The van der Waals surface area contributed by atoms with Gasteiger partial charge in [0.25, 0.3) is 0 Å². The van der Waals surface area contributed by atoms with Gasteiger partial charge in [-0.2, -0.15) is 15.1 Å². The number of rotatable bonds is 4. The minimum Gasteiger partial charge on any atom is -0.481 e. The molecule has 8 heteroatoms. The van der Waals surface area contributed by atoms with Crippen LogP contribution in [0.15, 0.2) is 12.3 Å². The monoisotopic (exact) mass is 264 g/mol. The summed E-state index contributed by atoms with van der Waals surface area (Å²) in [5, 5.41) is 6.37. The molecule has 19 heavy (non-hydrogen) atoms. The maximum Gasteiger partial charge on any atom is 0.356 e. The van der Waals surface area contributed by atoms with E-state index in [1.807, 2.05) is 0 Å². The smallest absolute Gasteiger partial charge is 0.356 e. The highest BCUT2D eigenvalue weighted by Crippen LogP contribution is 2.25. The number of esters is 1. The van der Waals surface area contributed by atoms with Gasteiger partial charge in [-0.05, 0) is 0 Å². The largest absolute Gasteiger partial charge is 0.481 e. The summed E-state index contributed by atoms with van der Waals surface area (Å²) in [4.78, 5) is 19.7. The molecule has 0 bridgehead atoms. The van der Waals surface area contributed by atoms with Crippen LogP contribution in [0.3, 0.4) is 0 Å². The molecule has 0 amide bonds. The maximum absolute atomic E-state index is 11.6. The zero-order chi connectivity index (χ0) is 13.8. The lowest BCUT2D eigenvalue weighted by molar-refractivity contribution is 0.0595. The molecule has 2 heterocycles. The highest BCUT2D eigenvalue weighted by molar-refractivity contribution is 5.94. The summed E-state index contributed by atoms with van der Waals surface area (Å²) >= 11 is 0. The van der Waals surface area contributed by atoms with Gasteiger partial charge in [-0.3, -0.25) is 5.10 Å². The Morgan fingerprint density at radius 1 is 1.21 bits per heavy atom. The zero-order valence-corrected chi connectivity index (χ0v) is 10.6. The van der Waals surface area contributed by atoms with Crippen LogP contribution in [0, 0.1) is 0 Å². The average Bonchev–Trinajstić information content (AvgIpc) is 2.95. The van der Waals surface area contributed by atoms with E-state index >= 15 is 0 Å². The third-order valence-electron chi connectivity index (χ3n) is 2.38. The van der Waals surface area contributed by atoms with Crippen LogP contribution in [0.4, 0.5) is 0 Å². The summed E-state index contributed by atoms with van der Waals surface area (Å²) in [7, 11) is 4.20. The van der Waals surface area contributed by atoms with E-state index in [0.717, 1.165) is 0 Å². The molecule has 0 saturated heterocycles. The van der Waals surface area contributed by atoms with E-state index in [1.165, 1.54) is 27.5 Å². The molecule has 100 valence electrons. The fraction of sp³-hybridized carbons (Fsp3) is 0.273. The van der Waals surface area contributed by atoms with Gasteiger partial charge in [-0.25, -0.2) is 4.79 Å². The maximum atomic E-state index is 11.6. The van der Waals surface area contributed by atoms with Crippen LogP contribution in [0.1, 0.15) is 10.5 Å². The standard InChI is InChI=1S/C11H12N4O4/c1-17-8-4-7(13-11(14-8)19-3)6-5-12-15-9(6)10(16)18-2/h4-5H,1-3H3,(H,12,15). The molecule has 0 aliphatic rings. The number of H-pyrrole nitrogens is 1. The number of hydrogen-bond acceptors (Lipinski definition) is 7. The van der Waals surface area contributed by atoms with Gasteiger partial charge in [-0.15, -0.1) is 0 Å². The third kappa shape index (κ3) is 2.46. The van der Waals surface area contributed by atoms with Crippen LogP contribution in [-0.2, 0) is 4.74 Å². The molecule has 0 radical (unpaired) electrons. The first-order valence-corrected chi connectivity index (χ1v) is 5.28. The van der Waals surface area contributed by atoms with Crippen molar-refractivity contribution >= 4 is 5.97 Å². The number of ether oxygens (including phenoxy) is 3. The molecule has 0 spiro atoms. The summed E-state index contributed by atoms with van der Waals surface area (Å²) in [5.74, 6) is -0.220. The van der Waals surface area contributed by atoms with Crippen molar-refractivity contribution in [2.24, 2.45) is 0 Å². The van der Waals surface area contributed by atoms with E-state index in [0.29, 0.717) is 17.1 Å². The molecule has 0 fully saturated rings. The highest BCUT2D eigenvalue weighted by atomic mass is 16.5. The lowest BCUT2D eigenvalue weighted by Crippen LogP contribution is -2.04. The summed E-state index contributed by atoms with van der Waals surface area (Å²) in [6, 6.07) is 1.70. The van der Waals surface area contributed by atoms with Crippen molar-refractivity contribution in [3.8, 4) is 23.1 Å². The van der Waals surface area contributed by atoms with Gasteiger partial charge in [0.15, 0.2) is 5.69 Å². The van der Waals surface area contributed by atoms with Crippen molar-refractivity contribution in [3.05, 3.63) is 18.0 Å². The predicted octanol–water partition coefficient (Wildman–Crippen LogP) is 0.670. The van der Waals surface area contributed by atoms with Gasteiger partial charge in [0, 0.05) is 6.07 Å². The van der Waals surface area contributed by atoms with Crippen LogP contribution in [0.2, 0.25) is 0 Å². The zero-order valence-electron chi connectivity index (χ0n) is 10.6. The second-order valence-electron chi connectivity index (χ2n) is 3.43. The molecule has 0 saturated carbocycles. The van der Waals surface area contributed by atoms with Crippen LogP contribution in [-0.4, -0.2) is 47.5 Å². The fourth-order valence-corrected chi connectivity index (χ4v) is 1.48. The summed E-state index contributed by atoms with van der Waals surface area (Å²) < 4.78 is 14.7. The summed E-state index contributed by atoms with van der Waals surface area (Å²) in [5.41, 5.74) is 1.12. The molecule has 0 aliphatic carbocycles. The number of carbonyl (C=O) groups excluding carboxylic acids is 1. The van der Waals surface area contributed by atoms with Gasteiger partial charge >= 0.3 is 12.0 Å². The van der Waals surface area contributed by atoms with E-state index < -0.39 is 5.97 Å². The highest BCUT2D eigenvalue weighted by Gasteiger charge is 2.18. The Bertz CT molecular complexity index is 574. The van der Waals surface area contributed by atoms with Gasteiger partial charge in [0.1, 0.15) is 0 Å². The minimum atomic E-state index is -0.538. The molecular weight excluding hydrogens is 252 g/mol. The lowest BCUT2D eigenvalue weighted by atomic mass is 10.2. The number of aromatic nitrogens is 4. The van der Waals surface area contributed by atoms with Gasteiger partial charge in [-0.1, -0.05) is 0 Å². The number of nitrogens with zero attached hydrogens (tertiary/aromatic N) is 3. The van der Waals surface area contributed by atoms with E-state index in [1.54, 1.807) is 6.07 Å². The van der Waals surface area contributed by atoms with Crippen molar-refractivity contribution in [2.75, 3.05) is 21.3 Å². The number of carbonyl (C=O) groups is 1. The SMILES string of the molecule is COC(=O)c1[nH]ncc1-c1cc(OC)nc(OC)n1. The van der Waals surface area contributed by atoms with Crippen LogP contribution < -0.4 is 9.47 Å². The minimum absolute atomic E-state index is 0.131. The number of methoxy groups -OCH3 is 3. The quantitative estimate of drug-likeness (QED) is 0.810. The molecule has 0 unspecified atom stereocenters. The first-order valence-electron chi connectivity index (χ1n) is 5.28. The number of hydrogen-bond donors (Lipinski definition) is 1. The van der Waals surface area contributed by atoms with Crippen molar-refractivity contribution < 1.29 is 19.0 Å². The molecule has 0 atom stereocenters. The van der Waals surface area contributed by atoms with Gasteiger partial charge < -0.3 is 14.2 Å². The Morgan fingerprint density at radius 3 is 2.63 bits per heavy atom.